The summed E-state index contributed by atoms with van der Waals surface area (Å²) in [5.74, 6) is -7.90. The maximum atomic E-state index is 15.2. The Morgan fingerprint density at radius 3 is 2.22 bits per heavy atom. The van der Waals surface area contributed by atoms with Gasteiger partial charge in [0.25, 0.3) is 11.8 Å². The van der Waals surface area contributed by atoms with Gasteiger partial charge in [-0.1, -0.05) is 58.6 Å². The first kappa shape index (κ1) is 36.8. The normalized spacial score (nSPS) is 26.4. The van der Waals surface area contributed by atoms with Crippen molar-refractivity contribution in [3.05, 3.63) is 126 Å². The van der Waals surface area contributed by atoms with Gasteiger partial charge in [-0.3, -0.25) is 29.5 Å². The van der Waals surface area contributed by atoms with Crippen LogP contribution in [0.2, 0.25) is 15.1 Å². The molecule has 2 aliphatic carbocycles. The number of allylic oxidation sites excluding steroid dienone is 2. The molecule has 4 aliphatic rings. The van der Waals surface area contributed by atoms with Crippen LogP contribution in [0.4, 0.5) is 24.7 Å². The molecule has 276 valence electrons. The summed E-state index contributed by atoms with van der Waals surface area (Å²) in [5, 5.41) is 12.2. The summed E-state index contributed by atoms with van der Waals surface area (Å²) in [5.41, 5.74) is 1.11. The number of benzene rings is 3. The Morgan fingerprint density at radius 2 is 1.56 bits per heavy atom. The third kappa shape index (κ3) is 5.60. The fourth-order valence-corrected chi connectivity index (χ4v) is 9.60. The number of imide groups is 2. The number of pyridine rings is 1. The number of anilines is 2. The molecule has 0 bridgehead atoms. The van der Waals surface area contributed by atoms with Crippen molar-refractivity contribution in [1.29, 1.82) is 0 Å². The molecule has 6 atom stereocenters. The maximum absolute atomic E-state index is 15.2. The lowest BCUT2D eigenvalue weighted by molar-refractivity contribution is -0.139. The number of alkyl halides is 3. The van der Waals surface area contributed by atoms with Gasteiger partial charge in [-0.05, 0) is 108 Å². The van der Waals surface area contributed by atoms with Crippen molar-refractivity contribution in [2.45, 2.75) is 30.4 Å². The molecule has 9 nitrogen and oxygen atoms in total. The van der Waals surface area contributed by atoms with E-state index in [4.69, 9.17) is 34.8 Å². The zero-order valence-corrected chi connectivity index (χ0v) is 31.9. The summed E-state index contributed by atoms with van der Waals surface area (Å²) in [4.78, 5) is 63.4. The lowest BCUT2D eigenvalue weighted by Crippen LogP contribution is -2.53. The van der Waals surface area contributed by atoms with Gasteiger partial charge >= 0.3 is 6.18 Å². The molecule has 0 unspecified atom stereocenters. The highest BCUT2D eigenvalue weighted by Crippen LogP contribution is 2.65. The molecule has 1 aromatic heterocycles. The number of fused-ring (bicyclic) bond motifs is 4. The second kappa shape index (κ2) is 13.2. The minimum atomic E-state index is -4.76. The predicted octanol–water partition coefficient (Wildman–Crippen LogP) is 8.56. The van der Waals surface area contributed by atoms with Crippen molar-refractivity contribution in [3.63, 3.8) is 0 Å². The number of hydrogen-bond donors (Lipinski definition) is 2. The minimum absolute atomic E-state index is 0.0794. The number of hydrogen-bond acceptors (Lipinski definition) is 7. The number of amides is 4. The molecule has 1 saturated carbocycles. The first-order valence-corrected chi connectivity index (χ1v) is 18.8. The van der Waals surface area contributed by atoms with E-state index in [1.165, 1.54) is 23.1 Å². The van der Waals surface area contributed by atoms with Gasteiger partial charge in [-0.25, -0.2) is 4.98 Å². The molecular formula is C38H25Cl3F3IN4O5. The quantitative estimate of drug-likeness (QED) is 0.117. The third-order valence-corrected chi connectivity index (χ3v) is 12.4. The van der Waals surface area contributed by atoms with E-state index < -0.39 is 75.4 Å². The third-order valence-electron chi connectivity index (χ3n) is 10.9. The lowest BCUT2D eigenvalue weighted by Gasteiger charge is -2.50. The predicted molar refractivity (Wildman–Crippen MR) is 202 cm³/mol. The van der Waals surface area contributed by atoms with Gasteiger partial charge < -0.3 is 5.11 Å². The van der Waals surface area contributed by atoms with Gasteiger partial charge in [0.05, 0.1) is 39.4 Å². The van der Waals surface area contributed by atoms with Crippen molar-refractivity contribution >= 4 is 92.5 Å². The van der Waals surface area contributed by atoms with E-state index in [0.717, 1.165) is 3.57 Å². The van der Waals surface area contributed by atoms with Crippen LogP contribution in [0.25, 0.3) is 0 Å². The Hall–Kier alpha value is -4.18. The van der Waals surface area contributed by atoms with Crippen LogP contribution in [0.5, 0.6) is 5.75 Å². The fraction of sp³-hybridized carbons (Fsp3) is 0.237. The van der Waals surface area contributed by atoms with Gasteiger partial charge in [0.2, 0.25) is 11.8 Å². The average molecular weight is 908 g/mol. The molecule has 2 saturated heterocycles. The number of phenolic OH excluding ortho intramolecular Hbond substituents is 1. The average Bonchev–Trinajstić information content (AvgIpc) is 3.51. The Bertz CT molecular complexity index is 2310. The van der Waals surface area contributed by atoms with Crippen molar-refractivity contribution in [1.82, 2.24) is 9.99 Å². The van der Waals surface area contributed by atoms with E-state index in [1.807, 2.05) is 6.08 Å². The van der Waals surface area contributed by atoms with Crippen LogP contribution in [0.15, 0.2) is 90.6 Å². The first-order valence-electron chi connectivity index (χ1n) is 16.6. The van der Waals surface area contributed by atoms with E-state index in [0.29, 0.717) is 39.1 Å². The zero-order chi connectivity index (χ0) is 38.4. The molecule has 8 rings (SSSR count). The summed E-state index contributed by atoms with van der Waals surface area (Å²) in [6.07, 6.45) is -2.37. The highest BCUT2D eigenvalue weighted by atomic mass is 127. The summed E-state index contributed by atoms with van der Waals surface area (Å²) in [6.45, 7) is 0. The molecule has 4 aromatic rings. The standard InChI is InChI=1S/C38H25Cl3F3IN4O5/c39-19-3-1-17(2-4-19)37-27(34(52)49(36(37)54)47-32-28(41)13-18(16-46-32)38(42,43)44)15-25-23(31(37)26-14-20(40)5-12-29(26)50)10-11-24-30(25)35(53)48(33(24)51)22-8-6-21(45)7-9-22/h1-10,12-14,16,24-25,27,30-31,50H,11,15H2,(H,46,47)/t24-,25+,27-,30-,31+,37+/m0/s1. The van der Waals surface area contributed by atoms with Crippen LogP contribution >= 0.6 is 57.4 Å². The number of halogens is 7. The summed E-state index contributed by atoms with van der Waals surface area (Å²) in [6, 6.07) is 18.2. The molecular weight excluding hydrogens is 883 g/mol. The van der Waals surface area contributed by atoms with Gasteiger partial charge in [-0.15, -0.1) is 0 Å². The van der Waals surface area contributed by atoms with Gasteiger partial charge in [-0.2, -0.15) is 18.2 Å². The monoisotopic (exact) mass is 906 g/mol. The second-order valence-electron chi connectivity index (χ2n) is 13.6. The second-order valence-corrected chi connectivity index (χ2v) is 16.1. The number of carbonyl (C=O) groups excluding carboxylic acids is 4. The largest absolute Gasteiger partial charge is 0.508 e. The smallest absolute Gasteiger partial charge is 0.417 e. The maximum Gasteiger partial charge on any atom is 0.417 e. The van der Waals surface area contributed by atoms with Crippen LogP contribution in [-0.2, 0) is 30.8 Å². The number of phenols is 1. The molecule has 54 heavy (non-hydrogen) atoms. The molecule has 0 radical (unpaired) electrons. The zero-order valence-electron chi connectivity index (χ0n) is 27.5. The first-order chi connectivity index (χ1) is 25.6. The van der Waals surface area contributed by atoms with Crippen molar-refractivity contribution in [2.24, 2.45) is 23.7 Å². The Balaban J connectivity index is 1.32. The minimum Gasteiger partial charge on any atom is -0.508 e. The van der Waals surface area contributed by atoms with Crippen molar-refractivity contribution in [3.8, 4) is 5.75 Å². The van der Waals surface area contributed by atoms with E-state index in [9.17, 15) is 32.7 Å². The highest BCUT2D eigenvalue weighted by molar-refractivity contribution is 14.1. The molecule has 2 N–H and O–H groups in total. The summed E-state index contributed by atoms with van der Waals surface area (Å²) in [7, 11) is 0. The lowest BCUT2D eigenvalue weighted by atomic mass is 9.49. The Labute approximate surface area is 334 Å². The molecule has 4 amide bonds. The highest BCUT2D eigenvalue weighted by Gasteiger charge is 2.70. The van der Waals surface area contributed by atoms with Crippen LogP contribution in [0.1, 0.15) is 35.4 Å². The topological polar surface area (TPSA) is 120 Å². The number of aromatic hydroxyl groups is 1. The molecule has 3 fully saturated rings. The van der Waals surface area contributed by atoms with Crippen molar-refractivity contribution in [2.75, 3.05) is 10.3 Å². The van der Waals surface area contributed by atoms with Crippen LogP contribution in [0, 0.1) is 27.2 Å². The van der Waals surface area contributed by atoms with Gasteiger partial charge in [0.15, 0.2) is 5.82 Å². The molecule has 0 spiro atoms. The van der Waals surface area contributed by atoms with Gasteiger partial charge in [0, 0.05) is 31.3 Å². The van der Waals surface area contributed by atoms with Crippen LogP contribution in [0.3, 0.4) is 0 Å². The van der Waals surface area contributed by atoms with Crippen LogP contribution in [-0.4, -0.2) is 38.7 Å². The van der Waals surface area contributed by atoms with E-state index >= 15 is 4.79 Å². The molecule has 3 aromatic carbocycles. The Morgan fingerprint density at radius 1 is 0.870 bits per heavy atom. The number of nitrogens with one attached hydrogen (secondary N) is 1. The number of hydrazine groups is 1. The number of carbonyl (C=O) groups is 4. The SMILES string of the molecule is O=C1[C@@H]2C[C@@H]3C(=CC[C@@H]4C(=O)N(c5ccc(I)cc5)C(=O)[C@@H]43)[C@H](c3cc(Cl)ccc3O)[C@]2(c2ccc(Cl)cc2)C(=O)N1Nc1ncc(C(F)(F)F)cc1Cl. The molecule has 16 heteroatoms. The molecule has 3 heterocycles. The summed E-state index contributed by atoms with van der Waals surface area (Å²) < 4.78 is 41.3. The number of rotatable bonds is 5. The van der Waals surface area contributed by atoms with Crippen LogP contribution < -0.4 is 10.3 Å². The number of aromatic nitrogens is 1. The van der Waals surface area contributed by atoms with E-state index in [2.05, 4.69) is 33.0 Å². The van der Waals surface area contributed by atoms with E-state index in [-0.39, 0.29) is 35.0 Å². The fourth-order valence-electron chi connectivity index (χ4n) is 8.73. The van der Waals surface area contributed by atoms with Gasteiger partial charge in [0.1, 0.15) is 5.75 Å². The Kier molecular flexibility index (Phi) is 9.02. The van der Waals surface area contributed by atoms with E-state index in [1.54, 1.807) is 48.5 Å². The number of nitrogens with zero attached hydrogens (tertiary/aromatic N) is 3. The van der Waals surface area contributed by atoms with Crippen molar-refractivity contribution < 1.29 is 37.5 Å². The summed E-state index contributed by atoms with van der Waals surface area (Å²) >= 11 is 21.2. The molecule has 2 aliphatic heterocycles.